The normalized spacial score (nSPS) is 11.5. The van der Waals surface area contributed by atoms with Crippen LogP contribution in [-0.2, 0) is 19.6 Å². The summed E-state index contributed by atoms with van der Waals surface area (Å²) in [5.41, 5.74) is 2.75. The number of thiophene rings is 1. The monoisotopic (exact) mass is 302 g/mol. The quantitative estimate of drug-likeness (QED) is 0.783. The third-order valence-electron chi connectivity index (χ3n) is 3.55. The molecule has 2 rings (SSSR count). The molecular formula is C18H26N2S. The fourth-order valence-electron chi connectivity index (χ4n) is 2.25. The van der Waals surface area contributed by atoms with E-state index in [2.05, 4.69) is 72.8 Å². The van der Waals surface area contributed by atoms with Crippen LogP contribution in [0.4, 0.5) is 0 Å². The lowest BCUT2D eigenvalue weighted by atomic mass is 10.1. The zero-order valence-electron chi connectivity index (χ0n) is 13.3. The van der Waals surface area contributed by atoms with Crippen LogP contribution in [0.3, 0.4) is 0 Å². The van der Waals surface area contributed by atoms with Crippen LogP contribution < -0.4 is 5.32 Å². The Kier molecular flexibility index (Phi) is 6.43. The molecule has 3 heteroatoms. The van der Waals surface area contributed by atoms with Crippen molar-refractivity contribution in [2.24, 2.45) is 0 Å². The van der Waals surface area contributed by atoms with Gasteiger partial charge in [-0.3, -0.25) is 4.90 Å². The van der Waals surface area contributed by atoms with E-state index in [1.54, 1.807) is 0 Å². The molecule has 0 radical (unpaired) electrons. The van der Waals surface area contributed by atoms with E-state index in [1.165, 1.54) is 16.0 Å². The van der Waals surface area contributed by atoms with Gasteiger partial charge in [-0.25, -0.2) is 0 Å². The molecule has 0 amide bonds. The largest absolute Gasteiger partial charge is 0.310 e. The van der Waals surface area contributed by atoms with E-state index in [0.29, 0.717) is 6.04 Å². The van der Waals surface area contributed by atoms with E-state index >= 15 is 0 Å². The fourth-order valence-corrected chi connectivity index (χ4v) is 2.99. The molecule has 0 bridgehead atoms. The van der Waals surface area contributed by atoms with Crippen LogP contribution in [0.25, 0.3) is 0 Å². The summed E-state index contributed by atoms with van der Waals surface area (Å²) in [7, 11) is 0. The molecule has 2 aromatic rings. The highest BCUT2D eigenvalue weighted by Gasteiger charge is 2.06. The van der Waals surface area contributed by atoms with Gasteiger partial charge in [0.25, 0.3) is 0 Å². The number of nitrogens with zero attached hydrogens (tertiary/aromatic N) is 1. The minimum absolute atomic E-state index is 0.533. The van der Waals surface area contributed by atoms with Crippen molar-refractivity contribution < 1.29 is 0 Å². The molecular weight excluding hydrogens is 276 g/mol. The van der Waals surface area contributed by atoms with Crippen LogP contribution in [0.1, 0.15) is 36.8 Å². The van der Waals surface area contributed by atoms with Crippen molar-refractivity contribution in [1.82, 2.24) is 10.2 Å². The molecule has 1 heterocycles. The molecule has 1 N–H and O–H groups in total. The second kappa shape index (κ2) is 8.32. The molecule has 0 aliphatic heterocycles. The van der Waals surface area contributed by atoms with Gasteiger partial charge in [-0.05, 0) is 29.1 Å². The van der Waals surface area contributed by atoms with Gasteiger partial charge in [-0.2, -0.15) is 0 Å². The Bertz CT molecular complexity index is 503. The van der Waals surface area contributed by atoms with E-state index in [4.69, 9.17) is 0 Å². The second-order valence-electron chi connectivity index (χ2n) is 5.73. The summed E-state index contributed by atoms with van der Waals surface area (Å²) in [6, 6.07) is 13.9. The molecule has 114 valence electrons. The maximum absolute atomic E-state index is 3.45. The highest BCUT2D eigenvalue weighted by Crippen LogP contribution is 2.14. The number of nitrogens with one attached hydrogen (secondary N) is 1. The highest BCUT2D eigenvalue weighted by molar-refractivity contribution is 7.09. The van der Waals surface area contributed by atoms with Crippen molar-refractivity contribution in [3.8, 4) is 0 Å². The van der Waals surface area contributed by atoms with Gasteiger partial charge >= 0.3 is 0 Å². The van der Waals surface area contributed by atoms with Crippen LogP contribution in [0.2, 0.25) is 0 Å². The summed E-state index contributed by atoms with van der Waals surface area (Å²) in [5.74, 6) is 0. The summed E-state index contributed by atoms with van der Waals surface area (Å²) >= 11 is 1.84. The lowest BCUT2D eigenvalue weighted by Crippen LogP contribution is -2.22. The molecule has 0 atom stereocenters. The van der Waals surface area contributed by atoms with E-state index in [-0.39, 0.29) is 0 Å². The second-order valence-corrected chi connectivity index (χ2v) is 6.77. The van der Waals surface area contributed by atoms with Gasteiger partial charge in [0.2, 0.25) is 0 Å². The molecule has 0 aliphatic rings. The molecule has 0 fully saturated rings. The number of hydrogen-bond donors (Lipinski definition) is 1. The summed E-state index contributed by atoms with van der Waals surface area (Å²) in [5, 5.41) is 5.61. The van der Waals surface area contributed by atoms with Crippen molar-refractivity contribution in [2.75, 3.05) is 6.54 Å². The third kappa shape index (κ3) is 5.62. The standard InChI is InChI=1S/C18H26N2S/c1-4-20(14-18-6-5-11-21-18)13-17-9-7-16(8-10-17)12-19-15(2)3/h5-11,15,19H,4,12-14H2,1-3H3. The van der Waals surface area contributed by atoms with Gasteiger partial charge in [0.1, 0.15) is 0 Å². The zero-order valence-corrected chi connectivity index (χ0v) is 14.1. The highest BCUT2D eigenvalue weighted by atomic mass is 32.1. The first-order valence-electron chi connectivity index (χ1n) is 7.73. The van der Waals surface area contributed by atoms with Crippen molar-refractivity contribution in [3.05, 3.63) is 57.8 Å². The molecule has 21 heavy (non-hydrogen) atoms. The molecule has 0 saturated heterocycles. The van der Waals surface area contributed by atoms with Crippen LogP contribution in [0.5, 0.6) is 0 Å². The lowest BCUT2D eigenvalue weighted by molar-refractivity contribution is 0.274. The predicted octanol–water partition coefficient (Wildman–Crippen LogP) is 4.27. The molecule has 2 nitrogen and oxygen atoms in total. The van der Waals surface area contributed by atoms with E-state index in [9.17, 15) is 0 Å². The first kappa shape index (κ1) is 16.2. The number of benzene rings is 1. The molecule has 1 aromatic heterocycles. The number of hydrogen-bond acceptors (Lipinski definition) is 3. The van der Waals surface area contributed by atoms with Crippen LogP contribution in [-0.4, -0.2) is 17.5 Å². The van der Waals surface area contributed by atoms with Gasteiger partial charge < -0.3 is 5.32 Å². The van der Waals surface area contributed by atoms with Gasteiger partial charge in [0.15, 0.2) is 0 Å². The van der Waals surface area contributed by atoms with E-state index in [0.717, 1.165) is 26.2 Å². The third-order valence-corrected chi connectivity index (χ3v) is 4.41. The summed E-state index contributed by atoms with van der Waals surface area (Å²) in [4.78, 5) is 3.92. The van der Waals surface area contributed by atoms with Crippen molar-refractivity contribution in [1.29, 1.82) is 0 Å². The first-order valence-corrected chi connectivity index (χ1v) is 8.61. The Morgan fingerprint density at radius 2 is 1.76 bits per heavy atom. The number of rotatable bonds is 8. The Morgan fingerprint density at radius 1 is 1.05 bits per heavy atom. The van der Waals surface area contributed by atoms with Gasteiger partial charge in [-0.1, -0.05) is 51.1 Å². The van der Waals surface area contributed by atoms with E-state index in [1.807, 2.05) is 11.3 Å². The minimum Gasteiger partial charge on any atom is -0.310 e. The zero-order chi connectivity index (χ0) is 15.1. The summed E-state index contributed by atoms with van der Waals surface area (Å²) < 4.78 is 0. The molecule has 0 aliphatic carbocycles. The maximum Gasteiger partial charge on any atom is 0.0331 e. The van der Waals surface area contributed by atoms with Crippen molar-refractivity contribution >= 4 is 11.3 Å². The van der Waals surface area contributed by atoms with Crippen LogP contribution >= 0.6 is 11.3 Å². The average molecular weight is 302 g/mol. The van der Waals surface area contributed by atoms with E-state index < -0.39 is 0 Å². The summed E-state index contributed by atoms with van der Waals surface area (Å²) in [6.45, 7) is 10.7. The topological polar surface area (TPSA) is 15.3 Å². The van der Waals surface area contributed by atoms with Gasteiger partial charge in [-0.15, -0.1) is 11.3 Å². The molecule has 1 aromatic carbocycles. The SMILES string of the molecule is CCN(Cc1ccc(CNC(C)C)cc1)Cc1cccs1. The average Bonchev–Trinajstić information content (AvgIpc) is 2.98. The van der Waals surface area contributed by atoms with Crippen LogP contribution in [0.15, 0.2) is 41.8 Å². The predicted molar refractivity (Wildman–Crippen MR) is 92.5 cm³/mol. The first-order chi connectivity index (χ1) is 10.2. The minimum atomic E-state index is 0.533. The fraction of sp³-hybridized carbons (Fsp3) is 0.444. The Morgan fingerprint density at radius 3 is 2.33 bits per heavy atom. The Labute approximate surface area is 132 Å². The Hall–Kier alpha value is -1.16. The summed E-state index contributed by atoms with van der Waals surface area (Å²) in [6.07, 6.45) is 0. The van der Waals surface area contributed by atoms with Crippen molar-refractivity contribution in [2.45, 2.75) is 46.4 Å². The molecule has 0 spiro atoms. The van der Waals surface area contributed by atoms with Crippen molar-refractivity contribution in [3.63, 3.8) is 0 Å². The Balaban J connectivity index is 1.88. The molecule has 0 saturated carbocycles. The van der Waals surface area contributed by atoms with Gasteiger partial charge in [0.05, 0.1) is 0 Å². The molecule has 0 unspecified atom stereocenters. The maximum atomic E-state index is 3.45. The smallest absolute Gasteiger partial charge is 0.0331 e. The van der Waals surface area contributed by atoms with Crippen LogP contribution in [0, 0.1) is 0 Å². The lowest BCUT2D eigenvalue weighted by Gasteiger charge is -2.20. The van der Waals surface area contributed by atoms with Gasteiger partial charge in [0, 0.05) is 30.6 Å².